The number of rotatable bonds is 13. The van der Waals surface area contributed by atoms with Crippen molar-refractivity contribution in [1.82, 2.24) is 14.9 Å². The highest BCUT2D eigenvalue weighted by Gasteiger charge is 2.41. The summed E-state index contributed by atoms with van der Waals surface area (Å²) in [6, 6.07) is 11.7. The second-order valence-corrected chi connectivity index (χ2v) is 13.4. The maximum absolute atomic E-state index is 13.9. The maximum atomic E-state index is 13.9. The number of methoxy groups -OCH3 is 2. The first kappa shape index (κ1) is 32.9. The number of ether oxygens (including phenoxy) is 5. The van der Waals surface area contributed by atoms with Gasteiger partial charge in [0, 0.05) is 37.9 Å². The Morgan fingerprint density at radius 3 is 2.29 bits per heavy atom. The molecule has 3 saturated heterocycles. The Kier molecular flexibility index (Phi) is 10.8. The van der Waals surface area contributed by atoms with Crippen LogP contribution < -0.4 is 20.1 Å². The number of amides is 2. The number of carbonyl (C=O) groups excluding carboxylic acids is 2. The Morgan fingerprint density at radius 1 is 1.02 bits per heavy atom. The van der Waals surface area contributed by atoms with E-state index in [-0.39, 0.29) is 42.7 Å². The summed E-state index contributed by atoms with van der Waals surface area (Å²) in [5.41, 5.74) is 0.781. The number of fused-ring (bicyclic) bond motifs is 1. The summed E-state index contributed by atoms with van der Waals surface area (Å²) in [5.74, 6) is 0.894. The molecule has 13 nitrogen and oxygen atoms in total. The maximum Gasteiger partial charge on any atom is 0.407 e. The van der Waals surface area contributed by atoms with Crippen molar-refractivity contribution in [2.75, 3.05) is 40.5 Å². The van der Waals surface area contributed by atoms with Gasteiger partial charge in [-0.05, 0) is 61.2 Å². The van der Waals surface area contributed by atoms with Crippen molar-refractivity contribution in [3.63, 3.8) is 0 Å². The van der Waals surface area contributed by atoms with Crippen molar-refractivity contribution >= 4 is 22.0 Å². The van der Waals surface area contributed by atoms with Gasteiger partial charge in [-0.2, -0.15) is 4.31 Å². The lowest BCUT2D eigenvalue weighted by Gasteiger charge is -2.34. The number of carbonyl (C=O) groups is 2. The second kappa shape index (κ2) is 14.8. The van der Waals surface area contributed by atoms with Gasteiger partial charge in [0.2, 0.25) is 15.9 Å². The molecule has 45 heavy (non-hydrogen) atoms. The fourth-order valence-electron chi connectivity index (χ4n) is 5.96. The fraction of sp³-hybridized carbons (Fsp3) is 0.548. The lowest BCUT2D eigenvalue weighted by Crippen LogP contribution is -2.53. The topological polar surface area (TPSA) is 162 Å². The van der Waals surface area contributed by atoms with Crippen LogP contribution in [0.2, 0.25) is 0 Å². The predicted octanol–water partition coefficient (Wildman–Crippen LogP) is 1.82. The number of nitrogens with one attached hydrogen (secondary N) is 2. The Hall–Kier alpha value is -3.43. The van der Waals surface area contributed by atoms with Crippen LogP contribution in [0.5, 0.6) is 11.5 Å². The van der Waals surface area contributed by atoms with Crippen LogP contribution in [0.15, 0.2) is 53.4 Å². The van der Waals surface area contributed by atoms with Crippen LogP contribution in [-0.4, -0.2) is 101 Å². The molecule has 246 valence electrons. The Morgan fingerprint density at radius 2 is 1.67 bits per heavy atom. The highest BCUT2D eigenvalue weighted by Crippen LogP contribution is 2.32. The average molecular weight is 648 g/mol. The van der Waals surface area contributed by atoms with Crippen molar-refractivity contribution in [3.8, 4) is 11.5 Å². The van der Waals surface area contributed by atoms with Crippen LogP contribution in [0.4, 0.5) is 4.79 Å². The van der Waals surface area contributed by atoms with E-state index in [0.717, 1.165) is 9.87 Å². The zero-order chi connectivity index (χ0) is 32.0. The van der Waals surface area contributed by atoms with Gasteiger partial charge in [-0.1, -0.05) is 12.1 Å². The van der Waals surface area contributed by atoms with Gasteiger partial charge in [-0.15, -0.1) is 0 Å². The third-order valence-electron chi connectivity index (χ3n) is 8.48. The van der Waals surface area contributed by atoms with Crippen LogP contribution in [-0.2, 0) is 35.4 Å². The summed E-state index contributed by atoms with van der Waals surface area (Å²) in [6.45, 7) is 0.516. The first-order valence-corrected chi connectivity index (χ1v) is 16.5. The molecule has 14 heteroatoms. The number of sulfonamides is 1. The van der Waals surface area contributed by atoms with E-state index in [0.29, 0.717) is 44.0 Å². The van der Waals surface area contributed by atoms with E-state index in [9.17, 15) is 23.1 Å². The van der Waals surface area contributed by atoms with Crippen LogP contribution in [0.3, 0.4) is 0 Å². The van der Waals surface area contributed by atoms with E-state index >= 15 is 0 Å². The first-order chi connectivity index (χ1) is 21.7. The van der Waals surface area contributed by atoms with E-state index in [2.05, 4.69) is 10.6 Å². The van der Waals surface area contributed by atoms with Crippen LogP contribution in [0.1, 0.15) is 31.2 Å². The molecular weight excluding hydrogens is 606 g/mol. The number of hydrogen-bond acceptors (Lipinski definition) is 10. The van der Waals surface area contributed by atoms with Gasteiger partial charge in [0.05, 0.1) is 44.5 Å². The molecule has 0 saturated carbocycles. The summed E-state index contributed by atoms with van der Waals surface area (Å²) < 4.78 is 56.4. The number of aliphatic hydroxyl groups is 1. The van der Waals surface area contributed by atoms with Gasteiger partial charge in [-0.25, -0.2) is 13.2 Å². The molecule has 0 radical (unpaired) electrons. The highest BCUT2D eigenvalue weighted by atomic mass is 32.2. The standard InChI is InChI=1S/C31H41N3O10S/c1-40-22-6-3-20(4-7-22)17-26(33-31(37)44-28-14-16-43-30-25(28)13-15-42-30)27(35)19-34(18-21-5-12-29(36)32-21)45(38,39)24-10-8-23(41-2)9-11-24/h3-4,6-11,21,25-28,30,35H,5,12-19H2,1-2H3,(H,32,36)(H,33,37). The van der Waals surface area contributed by atoms with E-state index in [4.69, 9.17) is 23.7 Å². The largest absolute Gasteiger partial charge is 0.497 e. The van der Waals surface area contributed by atoms with E-state index in [1.165, 1.54) is 19.2 Å². The summed E-state index contributed by atoms with van der Waals surface area (Å²) in [5, 5.41) is 17.2. The lowest BCUT2D eigenvalue weighted by atomic mass is 9.95. The minimum Gasteiger partial charge on any atom is -0.497 e. The van der Waals surface area contributed by atoms with Gasteiger partial charge in [-0.3, -0.25) is 4.79 Å². The molecule has 2 aromatic rings. The molecule has 6 unspecified atom stereocenters. The van der Waals surface area contributed by atoms with Crippen LogP contribution in [0, 0.1) is 5.92 Å². The molecule has 2 aromatic carbocycles. The molecule has 6 atom stereocenters. The minimum atomic E-state index is -4.12. The Labute approximate surface area is 263 Å². The van der Waals surface area contributed by atoms with Crippen molar-refractivity contribution in [2.24, 2.45) is 5.92 Å². The summed E-state index contributed by atoms with van der Waals surface area (Å²) in [6.07, 6.45) is -0.745. The zero-order valence-corrected chi connectivity index (χ0v) is 26.2. The minimum absolute atomic E-state index is 0.00625. The molecule has 2 amide bonds. The molecule has 3 aliphatic rings. The van der Waals surface area contributed by atoms with Crippen molar-refractivity contribution < 1.29 is 46.8 Å². The third kappa shape index (κ3) is 8.24. The molecule has 3 N–H and O–H groups in total. The quantitative estimate of drug-likeness (QED) is 0.293. The molecule has 0 bridgehead atoms. The van der Waals surface area contributed by atoms with Crippen LogP contribution in [0.25, 0.3) is 0 Å². The number of benzene rings is 2. The highest BCUT2D eigenvalue weighted by molar-refractivity contribution is 7.89. The normalized spacial score (nSPS) is 24.4. The molecule has 0 aliphatic carbocycles. The Balaban J connectivity index is 1.36. The van der Waals surface area contributed by atoms with Crippen LogP contribution >= 0.6 is 0 Å². The van der Waals surface area contributed by atoms with Crippen molar-refractivity contribution in [1.29, 1.82) is 0 Å². The SMILES string of the molecule is COc1ccc(CC(NC(=O)OC2CCOC3OCCC23)C(O)CN(CC2CCC(=O)N2)S(=O)(=O)c2ccc(OC)cc2)cc1. The fourth-order valence-corrected chi connectivity index (χ4v) is 7.46. The van der Waals surface area contributed by atoms with Gasteiger partial charge in [0.25, 0.3) is 0 Å². The lowest BCUT2D eigenvalue weighted by molar-refractivity contribution is -0.179. The molecule has 3 fully saturated rings. The first-order valence-electron chi connectivity index (χ1n) is 15.1. The number of hydrogen-bond donors (Lipinski definition) is 3. The predicted molar refractivity (Wildman–Crippen MR) is 161 cm³/mol. The third-order valence-corrected chi connectivity index (χ3v) is 10.3. The Bertz CT molecular complexity index is 1410. The number of aliphatic hydroxyl groups excluding tert-OH is 1. The monoisotopic (exact) mass is 647 g/mol. The smallest absolute Gasteiger partial charge is 0.407 e. The van der Waals surface area contributed by atoms with E-state index in [1.807, 2.05) is 12.1 Å². The van der Waals surface area contributed by atoms with Crippen molar-refractivity contribution in [2.45, 2.75) is 67.6 Å². The molecular formula is C31H41N3O10S. The van der Waals surface area contributed by atoms with Gasteiger partial charge < -0.3 is 39.4 Å². The van der Waals surface area contributed by atoms with Crippen molar-refractivity contribution in [3.05, 3.63) is 54.1 Å². The summed E-state index contributed by atoms with van der Waals surface area (Å²) in [4.78, 5) is 25.2. The second-order valence-electron chi connectivity index (χ2n) is 11.5. The van der Waals surface area contributed by atoms with Gasteiger partial charge in [0.1, 0.15) is 17.6 Å². The molecule has 0 spiro atoms. The molecule has 5 rings (SSSR count). The molecule has 0 aromatic heterocycles. The van der Waals surface area contributed by atoms with E-state index in [1.54, 1.807) is 31.4 Å². The van der Waals surface area contributed by atoms with Gasteiger partial charge in [0.15, 0.2) is 6.29 Å². The average Bonchev–Trinajstić information content (AvgIpc) is 3.70. The molecule has 3 heterocycles. The molecule has 3 aliphatic heterocycles. The van der Waals surface area contributed by atoms with E-state index < -0.39 is 46.7 Å². The number of nitrogens with zero attached hydrogens (tertiary/aromatic N) is 1. The summed E-state index contributed by atoms with van der Waals surface area (Å²) in [7, 11) is -1.08. The number of alkyl carbamates (subject to hydrolysis) is 1. The summed E-state index contributed by atoms with van der Waals surface area (Å²) >= 11 is 0. The zero-order valence-electron chi connectivity index (χ0n) is 25.4. The van der Waals surface area contributed by atoms with Gasteiger partial charge >= 0.3 is 6.09 Å².